The zero-order valence-corrected chi connectivity index (χ0v) is 7.43. The maximum absolute atomic E-state index is 11.8. The topological polar surface area (TPSA) is 9.23 Å². The molecule has 0 fully saturated rings. The van der Waals surface area contributed by atoms with E-state index in [1.54, 1.807) is 20.3 Å². The molecule has 1 aromatic rings. The van der Waals surface area contributed by atoms with Crippen molar-refractivity contribution < 1.29 is 17.9 Å². The van der Waals surface area contributed by atoms with Gasteiger partial charge in [0.15, 0.2) is 0 Å². The number of halogens is 3. The van der Waals surface area contributed by atoms with Crippen LogP contribution >= 0.6 is 0 Å². The number of ether oxygens (including phenoxy) is 1. The molecule has 0 saturated carbocycles. The molecule has 1 aromatic carbocycles. The quantitative estimate of drug-likeness (QED) is 0.614. The summed E-state index contributed by atoms with van der Waals surface area (Å²) in [7, 11) is 3.25. The van der Waals surface area contributed by atoms with Crippen molar-refractivity contribution in [2.45, 2.75) is 6.18 Å². The largest absolute Gasteiger partial charge is 0.416 e. The zero-order chi connectivity index (χ0) is 10.3. The first kappa shape index (κ1) is 12.0. The van der Waals surface area contributed by atoms with E-state index in [2.05, 4.69) is 4.74 Å². The maximum atomic E-state index is 11.8. The van der Waals surface area contributed by atoms with Gasteiger partial charge in [0.05, 0.1) is 5.56 Å². The fourth-order valence-corrected chi connectivity index (χ4v) is 0.627. The van der Waals surface area contributed by atoms with Crippen LogP contribution in [0.2, 0.25) is 0 Å². The van der Waals surface area contributed by atoms with Gasteiger partial charge in [-0.25, -0.2) is 0 Å². The van der Waals surface area contributed by atoms with Crippen LogP contribution in [0.25, 0.3) is 0 Å². The molecule has 0 bridgehead atoms. The highest BCUT2D eigenvalue weighted by molar-refractivity contribution is 5.17. The molecule has 13 heavy (non-hydrogen) atoms. The van der Waals surface area contributed by atoms with Crippen molar-refractivity contribution in [3.8, 4) is 0 Å². The Kier molecular flexibility index (Phi) is 5.14. The Balaban J connectivity index is 0.000000424. The molecule has 0 aromatic heterocycles. The van der Waals surface area contributed by atoms with Crippen LogP contribution in [0, 0.1) is 0 Å². The van der Waals surface area contributed by atoms with E-state index in [4.69, 9.17) is 0 Å². The van der Waals surface area contributed by atoms with Gasteiger partial charge in [0.1, 0.15) is 0 Å². The van der Waals surface area contributed by atoms with Crippen molar-refractivity contribution in [3.63, 3.8) is 0 Å². The summed E-state index contributed by atoms with van der Waals surface area (Å²) >= 11 is 0. The van der Waals surface area contributed by atoms with E-state index >= 15 is 0 Å². The first-order valence-electron chi connectivity index (χ1n) is 3.54. The molecule has 1 nitrogen and oxygen atoms in total. The number of hydrogen-bond donors (Lipinski definition) is 0. The molecule has 0 N–H and O–H groups in total. The summed E-state index contributed by atoms with van der Waals surface area (Å²) in [5.74, 6) is 0. The second-order valence-electron chi connectivity index (χ2n) is 2.27. The lowest BCUT2D eigenvalue weighted by Crippen LogP contribution is -2.03. The molecule has 0 aliphatic heterocycles. The summed E-state index contributed by atoms with van der Waals surface area (Å²) in [6, 6.07) is 6.36. The molecular weight excluding hydrogens is 181 g/mol. The van der Waals surface area contributed by atoms with E-state index in [-0.39, 0.29) is 0 Å². The number of hydrogen-bond acceptors (Lipinski definition) is 1. The van der Waals surface area contributed by atoms with Gasteiger partial charge in [0.2, 0.25) is 0 Å². The van der Waals surface area contributed by atoms with Crippen molar-refractivity contribution in [1.29, 1.82) is 0 Å². The second-order valence-corrected chi connectivity index (χ2v) is 2.27. The summed E-state index contributed by atoms with van der Waals surface area (Å²) < 4.78 is 39.6. The third kappa shape index (κ3) is 5.25. The molecule has 0 radical (unpaired) electrons. The molecule has 74 valence electrons. The van der Waals surface area contributed by atoms with E-state index in [0.29, 0.717) is 0 Å². The smallest absolute Gasteiger partial charge is 0.388 e. The standard InChI is InChI=1S/C7H5F3.C2H6O/c8-7(9,10)6-4-2-1-3-5-6;1-3-2/h1-5H;1-2H3. The minimum absolute atomic E-state index is 0.602. The SMILES string of the molecule is COC.FC(F)(F)c1ccccc1. The Morgan fingerprint density at radius 1 is 1.00 bits per heavy atom. The van der Waals surface area contributed by atoms with Crippen LogP contribution < -0.4 is 0 Å². The highest BCUT2D eigenvalue weighted by Crippen LogP contribution is 2.28. The lowest BCUT2D eigenvalue weighted by molar-refractivity contribution is -0.137. The molecule has 0 aliphatic rings. The van der Waals surface area contributed by atoms with Crippen molar-refractivity contribution >= 4 is 0 Å². The highest BCUT2D eigenvalue weighted by atomic mass is 19.4. The third-order valence-electron chi connectivity index (χ3n) is 1.10. The highest BCUT2D eigenvalue weighted by Gasteiger charge is 2.29. The van der Waals surface area contributed by atoms with Gasteiger partial charge in [-0.1, -0.05) is 30.3 Å². The Bertz CT molecular complexity index is 218. The fraction of sp³-hybridized carbons (Fsp3) is 0.333. The summed E-state index contributed by atoms with van der Waals surface area (Å²) in [6.07, 6.45) is -4.21. The molecule has 0 saturated heterocycles. The van der Waals surface area contributed by atoms with Crippen LogP contribution in [-0.2, 0) is 10.9 Å². The van der Waals surface area contributed by atoms with Crippen LogP contribution in [0.4, 0.5) is 13.2 Å². The Labute approximate surface area is 75.1 Å². The van der Waals surface area contributed by atoms with Crippen molar-refractivity contribution in [1.82, 2.24) is 0 Å². The van der Waals surface area contributed by atoms with Crippen LogP contribution in [0.15, 0.2) is 30.3 Å². The monoisotopic (exact) mass is 192 g/mol. The Hall–Kier alpha value is -1.03. The molecule has 0 unspecified atom stereocenters. The second kappa shape index (κ2) is 5.59. The summed E-state index contributed by atoms with van der Waals surface area (Å²) in [4.78, 5) is 0. The van der Waals surface area contributed by atoms with Gasteiger partial charge >= 0.3 is 6.18 Å². The first-order valence-corrected chi connectivity index (χ1v) is 3.54. The maximum Gasteiger partial charge on any atom is 0.416 e. The predicted molar refractivity (Wildman–Crippen MR) is 44.4 cm³/mol. The summed E-state index contributed by atoms with van der Waals surface area (Å²) in [5.41, 5.74) is -0.602. The fourth-order valence-electron chi connectivity index (χ4n) is 0.627. The van der Waals surface area contributed by atoms with E-state index in [1.807, 2.05) is 0 Å². The average Bonchev–Trinajstić information content (AvgIpc) is 2.06. The zero-order valence-electron chi connectivity index (χ0n) is 7.43. The molecular formula is C9H11F3O. The van der Waals surface area contributed by atoms with Gasteiger partial charge in [0.25, 0.3) is 0 Å². The molecule has 0 aliphatic carbocycles. The number of alkyl halides is 3. The van der Waals surface area contributed by atoms with Gasteiger partial charge in [-0.2, -0.15) is 13.2 Å². The van der Waals surface area contributed by atoms with Gasteiger partial charge in [-0.3, -0.25) is 0 Å². The molecule has 0 heterocycles. The molecule has 0 spiro atoms. The van der Waals surface area contributed by atoms with Gasteiger partial charge in [-0.05, 0) is 0 Å². The van der Waals surface area contributed by atoms with Crippen LogP contribution in [0.3, 0.4) is 0 Å². The van der Waals surface area contributed by atoms with Gasteiger partial charge in [-0.15, -0.1) is 0 Å². The Morgan fingerprint density at radius 3 is 1.62 bits per heavy atom. The van der Waals surface area contributed by atoms with Crippen molar-refractivity contribution in [2.24, 2.45) is 0 Å². The van der Waals surface area contributed by atoms with Crippen LogP contribution in [0.5, 0.6) is 0 Å². The Morgan fingerprint density at radius 2 is 1.38 bits per heavy atom. The van der Waals surface area contributed by atoms with Crippen molar-refractivity contribution in [2.75, 3.05) is 14.2 Å². The van der Waals surface area contributed by atoms with Crippen molar-refractivity contribution in [3.05, 3.63) is 35.9 Å². The first-order chi connectivity index (χ1) is 6.02. The normalized spacial score (nSPS) is 10.2. The van der Waals surface area contributed by atoms with E-state index in [0.717, 1.165) is 12.1 Å². The van der Waals surface area contributed by atoms with E-state index in [9.17, 15) is 13.2 Å². The summed E-state index contributed by atoms with van der Waals surface area (Å²) in [5, 5.41) is 0. The lowest BCUT2D eigenvalue weighted by atomic mass is 10.2. The van der Waals surface area contributed by atoms with E-state index < -0.39 is 11.7 Å². The van der Waals surface area contributed by atoms with Gasteiger partial charge in [0, 0.05) is 14.2 Å². The predicted octanol–water partition coefficient (Wildman–Crippen LogP) is 2.97. The van der Waals surface area contributed by atoms with E-state index in [1.165, 1.54) is 12.1 Å². The summed E-state index contributed by atoms with van der Waals surface area (Å²) in [6.45, 7) is 0. The molecule has 4 heteroatoms. The van der Waals surface area contributed by atoms with Gasteiger partial charge < -0.3 is 4.74 Å². The molecule has 0 amide bonds. The third-order valence-corrected chi connectivity index (χ3v) is 1.10. The molecule has 1 rings (SSSR count). The number of benzene rings is 1. The minimum atomic E-state index is -4.21. The number of rotatable bonds is 0. The van der Waals surface area contributed by atoms with Crippen LogP contribution in [-0.4, -0.2) is 14.2 Å². The molecule has 0 atom stereocenters. The average molecular weight is 192 g/mol. The number of methoxy groups -OCH3 is 1. The lowest BCUT2D eigenvalue weighted by Gasteiger charge is -2.03. The van der Waals surface area contributed by atoms with Crippen LogP contribution in [0.1, 0.15) is 5.56 Å². The minimum Gasteiger partial charge on any atom is -0.388 e.